The zero-order chi connectivity index (χ0) is 14.4. The van der Waals surface area contributed by atoms with E-state index in [9.17, 15) is 4.79 Å². The molecule has 0 saturated carbocycles. The zero-order valence-electron chi connectivity index (χ0n) is 12.6. The average molecular weight is 267 g/mol. The average Bonchev–Trinajstić information content (AvgIpc) is 2.59. The molecule has 1 amide bonds. The van der Waals surface area contributed by atoms with E-state index in [0.717, 1.165) is 17.9 Å². The Morgan fingerprint density at radius 3 is 2.68 bits per heavy atom. The van der Waals surface area contributed by atoms with Crippen LogP contribution in [0.3, 0.4) is 0 Å². The Morgan fingerprint density at radius 1 is 1.42 bits per heavy atom. The Bertz CT molecular complexity index is 425. The summed E-state index contributed by atoms with van der Waals surface area (Å²) in [5.74, 6) is 0.476. The molecule has 0 aromatic carbocycles. The van der Waals surface area contributed by atoms with Crippen molar-refractivity contribution in [3.63, 3.8) is 0 Å². The van der Waals surface area contributed by atoms with Crippen LogP contribution in [0.2, 0.25) is 0 Å². The summed E-state index contributed by atoms with van der Waals surface area (Å²) in [5, 5.41) is 4.54. The minimum Gasteiger partial charge on any atom is -0.274 e. The molecule has 0 atom stereocenters. The van der Waals surface area contributed by atoms with Crippen LogP contribution in [-0.4, -0.2) is 22.3 Å². The summed E-state index contributed by atoms with van der Waals surface area (Å²) >= 11 is 0. The zero-order valence-corrected chi connectivity index (χ0v) is 12.6. The Labute approximate surface area is 115 Å². The van der Waals surface area contributed by atoms with Gasteiger partial charge in [0.15, 0.2) is 0 Å². The first kappa shape index (κ1) is 15.7. The van der Waals surface area contributed by atoms with Gasteiger partial charge in [0.05, 0.1) is 12.3 Å². The molecule has 5 heteroatoms. The van der Waals surface area contributed by atoms with Gasteiger partial charge in [0.2, 0.25) is 5.91 Å². The molecule has 1 rings (SSSR count). The lowest BCUT2D eigenvalue weighted by Crippen LogP contribution is -2.23. The van der Waals surface area contributed by atoms with E-state index >= 15 is 0 Å². The van der Waals surface area contributed by atoms with Crippen molar-refractivity contribution in [2.75, 3.05) is 6.61 Å². The number of hydrogen-bond donors (Lipinski definition) is 1. The first-order valence-corrected chi connectivity index (χ1v) is 6.89. The molecule has 0 aliphatic carbocycles. The number of carbonyl (C=O) groups excluding carboxylic acids is 1. The first-order chi connectivity index (χ1) is 8.95. The predicted molar refractivity (Wildman–Crippen MR) is 74.6 cm³/mol. The summed E-state index contributed by atoms with van der Waals surface area (Å²) in [6.07, 6.45) is 1.13. The summed E-state index contributed by atoms with van der Waals surface area (Å²) < 4.78 is 2.04. The van der Waals surface area contributed by atoms with Crippen LogP contribution >= 0.6 is 0 Å². The van der Waals surface area contributed by atoms with E-state index in [-0.39, 0.29) is 5.91 Å². The Hall–Kier alpha value is -1.36. The van der Waals surface area contributed by atoms with Gasteiger partial charge in [0.1, 0.15) is 0 Å². The van der Waals surface area contributed by atoms with Gasteiger partial charge in [0, 0.05) is 18.7 Å². The lowest BCUT2D eigenvalue weighted by Gasteiger charge is -2.08. The highest BCUT2D eigenvalue weighted by Crippen LogP contribution is 2.16. The summed E-state index contributed by atoms with van der Waals surface area (Å²) in [4.78, 5) is 16.4. The van der Waals surface area contributed by atoms with Crippen molar-refractivity contribution >= 4 is 5.91 Å². The van der Waals surface area contributed by atoms with E-state index in [2.05, 4.69) is 31.3 Å². The van der Waals surface area contributed by atoms with E-state index in [1.165, 1.54) is 5.56 Å². The highest BCUT2D eigenvalue weighted by molar-refractivity contribution is 5.75. The monoisotopic (exact) mass is 267 g/mol. The molecule has 1 N–H and O–H groups in total. The van der Waals surface area contributed by atoms with Gasteiger partial charge in [-0.1, -0.05) is 13.8 Å². The smallest absolute Gasteiger partial charge is 0.243 e. The number of hydroxylamine groups is 1. The highest BCUT2D eigenvalue weighted by atomic mass is 16.6. The van der Waals surface area contributed by atoms with Crippen LogP contribution in [0, 0.1) is 19.8 Å². The van der Waals surface area contributed by atoms with Crippen molar-refractivity contribution in [1.82, 2.24) is 15.3 Å². The summed E-state index contributed by atoms with van der Waals surface area (Å²) in [7, 11) is 0. The SMILES string of the molecule is CCONC(=O)CCc1c(C)nn(CC(C)C)c1C. The largest absolute Gasteiger partial charge is 0.274 e. The van der Waals surface area contributed by atoms with Gasteiger partial charge in [-0.15, -0.1) is 0 Å². The van der Waals surface area contributed by atoms with Crippen LogP contribution in [-0.2, 0) is 22.6 Å². The van der Waals surface area contributed by atoms with Crippen LogP contribution in [0.1, 0.15) is 44.1 Å². The molecular formula is C14H25N3O2. The maximum Gasteiger partial charge on any atom is 0.243 e. The molecule has 0 saturated heterocycles. The number of amides is 1. The van der Waals surface area contributed by atoms with Crippen molar-refractivity contribution in [1.29, 1.82) is 0 Å². The summed E-state index contributed by atoms with van der Waals surface area (Å²) in [6, 6.07) is 0. The van der Waals surface area contributed by atoms with Gasteiger partial charge in [0.25, 0.3) is 0 Å². The fourth-order valence-electron chi connectivity index (χ4n) is 2.06. The van der Waals surface area contributed by atoms with Crippen LogP contribution < -0.4 is 5.48 Å². The van der Waals surface area contributed by atoms with Crippen LogP contribution in [0.4, 0.5) is 0 Å². The van der Waals surface area contributed by atoms with Crippen LogP contribution in [0.15, 0.2) is 0 Å². The lowest BCUT2D eigenvalue weighted by molar-refractivity contribution is -0.133. The molecule has 0 radical (unpaired) electrons. The number of hydrogen-bond acceptors (Lipinski definition) is 3. The van der Waals surface area contributed by atoms with E-state index < -0.39 is 0 Å². The number of aryl methyl sites for hydroxylation is 1. The normalized spacial score (nSPS) is 11.1. The number of nitrogens with one attached hydrogen (secondary N) is 1. The fraction of sp³-hybridized carbons (Fsp3) is 0.714. The molecule has 1 aromatic rings. The molecular weight excluding hydrogens is 242 g/mol. The van der Waals surface area contributed by atoms with E-state index in [0.29, 0.717) is 25.4 Å². The molecule has 5 nitrogen and oxygen atoms in total. The topological polar surface area (TPSA) is 56.1 Å². The second-order valence-electron chi connectivity index (χ2n) is 5.18. The maximum atomic E-state index is 11.5. The van der Waals surface area contributed by atoms with Crippen molar-refractivity contribution in [3.8, 4) is 0 Å². The Balaban J connectivity index is 2.63. The molecule has 0 bridgehead atoms. The molecule has 1 heterocycles. The molecule has 0 unspecified atom stereocenters. The number of nitrogens with zero attached hydrogens (tertiary/aromatic N) is 2. The minimum absolute atomic E-state index is 0.0859. The van der Waals surface area contributed by atoms with E-state index in [1.807, 2.05) is 18.5 Å². The van der Waals surface area contributed by atoms with Gasteiger partial charge < -0.3 is 0 Å². The number of aromatic nitrogens is 2. The first-order valence-electron chi connectivity index (χ1n) is 6.89. The van der Waals surface area contributed by atoms with Crippen molar-refractivity contribution in [2.24, 2.45) is 5.92 Å². The quantitative estimate of drug-likeness (QED) is 0.770. The van der Waals surface area contributed by atoms with E-state index in [4.69, 9.17) is 4.84 Å². The van der Waals surface area contributed by atoms with Crippen LogP contribution in [0.5, 0.6) is 0 Å². The van der Waals surface area contributed by atoms with Crippen LogP contribution in [0.25, 0.3) is 0 Å². The standard InChI is InChI=1S/C14H25N3O2/c1-6-19-16-14(18)8-7-13-11(4)15-17(12(13)5)9-10(2)3/h10H,6-9H2,1-5H3,(H,16,18). The van der Waals surface area contributed by atoms with Crippen molar-refractivity contribution < 1.29 is 9.63 Å². The third-order valence-electron chi connectivity index (χ3n) is 3.00. The van der Waals surface area contributed by atoms with Gasteiger partial charge in [-0.25, -0.2) is 5.48 Å². The molecule has 108 valence electrons. The second-order valence-corrected chi connectivity index (χ2v) is 5.18. The molecule has 19 heavy (non-hydrogen) atoms. The lowest BCUT2D eigenvalue weighted by atomic mass is 10.1. The van der Waals surface area contributed by atoms with Crippen molar-refractivity contribution in [3.05, 3.63) is 17.0 Å². The number of carbonyl (C=O) groups is 1. The molecule has 1 aromatic heterocycles. The molecule has 0 fully saturated rings. The summed E-state index contributed by atoms with van der Waals surface area (Å²) in [5.41, 5.74) is 5.77. The molecule has 0 aliphatic rings. The third-order valence-corrected chi connectivity index (χ3v) is 3.00. The highest BCUT2D eigenvalue weighted by Gasteiger charge is 2.13. The van der Waals surface area contributed by atoms with E-state index in [1.54, 1.807) is 0 Å². The number of rotatable bonds is 7. The predicted octanol–water partition coefficient (Wildman–Crippen LogP) is 2.16. The Morgan fingerprint density at radius 2 is 2.11 bits per heavy atom. The Kier molecular flexibility index (Phi) is 6.02. The van der Waals surface area contributed by atoms with Crippen molar-refractivity contribution in [2.45, 2.75) is 54.0 Å². The maximum absolute atomic E-state index is 11.5. The molecule has 0 spiro atoms. The van der Waals surface area contributed by atoms with Gasteiger partial charge in [-0.05, 0) is 38.7 Å². The fourth-order valence-corrected chi connectivity index (χ4v) is 2.06. The third kappa shape index (κ3) is 4.67. The van der Waals surface area contributed by atoms with Gasteiger partial charge in [-0.2, -0.15) is 5.10 Å². The van der Waals surface area contributed by atoms with Gasteiger partial charge in [-0.3, -0.25) is 14.3 Å². The second kappa shape index (κ2) is 7.28. The minimum atomic E-state index is -0.0859. The molecule has 0 aliphatic heterocycles. The van der Waals surface area contributed by atoms with Gasteiger partial charge >= 0.3 is 0 Å². The summed E-state index contributed by atoms with van der Waals surface area (Å²) in [6.45, 7) is 11.6.